The molecular weight excluding hydrogens is 326 g/mol. The zero-order valence-corrected chi connectivity index (χ0v) is 14.8. The Hall–Kier alpha value is -2.46. The molecule has 0 unspecified atom stereocenters. The Kier molecular flexibility index (Phi) is 5.20. The molecule has 24 heavy (non-hydrogen) atoms. The van der Waals surface area contributed by atoms with Gasteiger partial charge in [0.15, 0.2) is 11.7 Å². The molecule has 126 valence electrons. The highest BCUT2D eigenvalue weighted by atomic mass is 32.1. The number of nitrogens with zero attached hydrogens (tertiary/aromatic N) is 2. The number of thiazole rings is 1. The molecule has 1 N–H and O–H groups in total. The summed E-state index contributed by atoms with van der Waals surface area (Å²) in [7, 11) is 0. The van der Waals surface area contributed by atoms with Crippen molar-refractivity contribution in [3.05, 3.63) is 29.3 Å². The highest BCUT2D eigenvalue weighted by molar-refractivity contribution is 7.18. The number of nitriles is 1. The van der Waals surface area contributed by atoms with Crippen LogP contribution in [0.25, 0.3) is 10.2 Å². The topological polar surface area (TPSA) is 92.1 Å². The number of nitrogens with one attached hydrogen (secondary N) is 1. The quantitative estimate of drug-likeness (QED) is 0.917. The molecule has 0 aliphatic heterocycles. The minimum atomic E-state index is -1.02. The van der Waals surface area contributed by atoms with Gasteiger partial charge in [-0.15, -0.1) is 11.3 Å². The monoisotopic (exact) mass is 345 g/mol. The first-order valence-electron chi connectivity index (χ1n) is 7.49. The molecule has 1 aromatic heterocycles. The fourth-order valence-electron chi connectivity index (χ4n) is 2.06. The van der Waals surface area contributed by atoms with E-state index in [1.54, 1.807) is 20.8 Å². The van der Waals surface area contributed by atoms with Crippen molar-refractivity contribution >= 4 is 33.4 Å². The Morgan fingerprint density at radius 3 is 2.58 bits per heavy atom. The van der Waals surface area contributed by atoms with E-state index in [1.165, 1.54) is 18.3 Å². The number of alkyl carbamates (subject to hydrolysis) is 1. The predicted octanol–water partition coefficient (Wildman–Crippen LogP) is 3.39. The van der Waals surface area contributed by atoms with Crippen LogP contribution in [0.2, 0.25) is 0 Å². The number of hydrogen-bond donors (Lipinski definition) is 1. The second kappa shape index (κ2) is 6.97. The number of ether oxygens (including phenoxy) is 1. The summed E-state index contributed by atoms with van der Waals surface area (Å²) in [5.41, 5.74) is 0.0902. The van der Waals surface area contributed by atoms with Crippen LogP contribution in [0.3, 0.4) is 0 Å². The number of hydrogen-bond acceptors (Lipinski definition) is 6. The van der Waals surface area contributed by atoms with Crippen LogP contribution in [0, 0.1) is 11.3 Å². The van der Waals surface area contributed by atoms with Gasteiger partial charge in [0, 0.05) is 0 Å². The predicted molar refractivity (Wildman–Crippen MR) is 91.8 cm³/mol. The fraction of sp³-hybridized carbons (Fsp3) is 0.412. The lowest BCUT2D eigenvalue weighted by Crippen LogP contribution is -2.43. The summed E-state index contributed by atoms with van der Waals surface area (Å²) < 4.78 is 6.04. The van der Waals surface area contributed by atoms with E-state index in [2.05, 4.69) is 10.3 Å². The van der Waals surface area contributed by atoms with Crippen LogP contribution < -0.4 is 5.32 Å². The van der Waals surface area contributed by atoms with Crippen molar-refractivity contribution in [3.8, 4) is 6.07 Å². The number of aromatic nitrogens is 1. The Labute approximate surface area is 144 Å². The molecule has 0 saturated carbocycles. The summed E-state index contributed by atoms with van der Waals surface area (Å²) >= 11 is 1.31. The average molecular weight is 345 g/mol. The third kappa shape index (κ3) is 4.30. The molecule has 0 spiro atoms. The summed E-state index contributed by atoms with van der Waals surface area (Å²) in [4.78, 5) is 28.7. The maximum Gasteiger partial charge on any atom is 0.408 e. The zero-order chi connectivity index (χ0) is 17.9. The number of amides is 1. The first-order valence-corrected chi connectivity index (χ1v) is 8.31. The molecule has 1 heterocycles. The Morgan fingerprint density at radius 1 is 1.33 bits per heavy atom. The van der Waals surface area contributed by atoms with Gasteiger partial charge < -0.3 is 10.1 Å². The number of benzene rings is 1. The van der Waals surface area contributed by atoms with Gasteiger partial charge >= 0.3 is 6.09 Å². The molecule has 1 aromatic carbocycles. The Bertz CT molecular complexity index is 768. The fourth-order valence-corrected chi connectivity index (χ4v) is 3.08. The van der Waals surface area contributed by atoms with Gasteiger partial charge in [-0.25, -0.2) is 9.78 Å². The van der Waals surface area contributed by atoms with Crippen molar-refractivity contribution in [2.75, 3.05) is 0 Å². The molecule has 0 bridgehead atoms. The smallest absolute Gasteiger partial charge is 0.408 e. The molecule has 7 heteroatoms. The van der Waals surface area contributed by atoms with E-state index in [0.29, 0.717) is 5.01 Å². The van der Waals surface area contributed by atoms with E-state index in [4.69, 9.17) is 4.74 Å². The van der Waals surface area contributed by atoms with Gasteiger partial charge in [-0.3, -0.25) is 4.79 Å². The van der Waals surface area contributed by atoms with E-state index < -0.39 is 29.4 Å². The third-order valence-corrected chi connectivity index (χ3v) is 4.23. The molecule has 2 rings (SSSR count). The van der Waals surface area contributed by atoms with Gasteiger partial charge in [0.1, 0.15) is 10.6 Å². The molecular formula is C17H19N3O3S. The van der Waals surface area contributed by atoms with Gasteiger partial charge in [0.25, 0.3) is 0 Å². The molecule has 1 amide bonds. The number of ketones is 1. The van der Waals surface area contributed by atoms with Crippen LogP contribution in [-0.2, 0) is 9.53 Å². The van der Waals surface area contributed by atoms with E-state index in [0.717, 1.165) is 10.2 Å². The zero-order valence-electron chi connectivity index (χ0n) is 14.0. The third-order valence-electron chi connectivity index (χ3n) is 3.13. The molecule has 2 aromatic rings. The number of carbonyl (C=O) groups is 2. The number of carbonyl (C=O) groups excluding carboxylic acids is 2. The maximum atomic E-state index is 12.5. The van der Waals surface area contributed by atoms with Crippen molar-refractivity contribution in [2.24, 2.45) is 0 Å². The lowest BCUT2D eigenvalue weighted by molar-refractivity contribution is -0.121. The second-order valence-corrected chi connectivity index (χ2v) is 7.41. The van der Waals surface area contributed by atoms with Crippen LogP contribution in [0.15, 0.2) is 24.3 Å². The van der Waals surface area contributed by atoms with Crippen molar-refractivity contribution < 1.29 is 14.3 Å². The van der Waals surface area contributed by atoms with Crippen LogP contribution >= 0.6 is 11.3 Å². The van der Waals surface area contributed by atoms with E-state index >= 15 is 0 Å². The van der Waals surface area contributed by atoms with Crippen molar-refractivity contribution in [1.29, 1.82) is 5.26 Å². The molecule has 0 aliphatic rings. The van der Waals surface area contributed by atoms with Gasteiger partial charge in [0.05, 0.1) is 22.3 Å². The first-order chi connectivity index (χ1) is 11.2. The molecule has 0 radical (unpaired) electrons. The number of Topliss-reactive ketones (excluding diaryl/α,β-unsaturated/α-hetero) is 1. The number of rotatable bonds is 4. The van der Waals surface area contributed by atoms with Crippen LogP contribution in [0.1, 0.15) is 38.6 Å². The summed E-state index contributed by atoms with van der Waals surface area (Å²) in [6.45, 7) is 6.73. The summed E-state index contributed by atoms with van der Waals surface area (Å²) in [5, 5.41) is 12.3. The number of para-hydroxylation sites is 1. The summed E-state index contributed by atoms with van der Waals surface area (Å²) in [6, 6.07) is 8.58. The van der Waals surface area contributed by atoms with Crippen LogP contribution in [0.4, 0.5) is 4.79 Å². The standard InChI is InChI=1S/C17H19N3O3S/c1-10(19-16(22)23-17(2,3)4)14(21)11(9-18)15-20-12-7-5-6-8-13(12)24-15/h5-8,10-11H,1-4H3,(H,19,22)/t10-,11+/m1/s1. The molecule has 2 atom stereocenters. The van der Waals surface area contributed by atoms with Gasteiger partial charge in [-0.1, -0.05) is 12.1 Å². The van der Waals surface area contributed by atoms with E-state index in [-0.39, 0.29) is 0 Å². The lowest BCUT2D eigenvalue weighted by Gasteiger charge is -2.22. The van der Waals surface area contributed by atoms with Crippen molar-refractivity contribution in [2.45, 2.75) is 45.3 Å². The highest BCUT2D eigenvalue weighted by Crippen LogP contribution is 2.28. The Balaban J connectivity index is 2.13. The Morgan fingerprint density at radius 2 is 2.00 bits per heavy atom. The minimum Gasteiger partial charge on any atom is -0.444 e. The SMILES string of the molecule is C[C@@H](NC(=O)OC(C)(C)C)C(=O)[C@H](C#N)c1nc2ccccc2s1. The van der Waals surface area contributed by atoms with Crippen molar-refractivity contribution in [1.82, 2.24) is 10.3 Å². The molecule has 6 nitrogen and oxygen atoms in total. The maximum absolute atomic E-state index is 12.5. The molecule has 0 saturated heterocycles. The molecule has 0 aliphatic carbocycles. The molecule has 0 fully saturated rings. The van der Waals surface area contributed by atoms with Gasteiger partial charge in [0.2, 0.25) is 0 Å². The van der Waals surface area contributed by atoms with E-state index in [1.807, 2.05) is 30.3 Å². The second-order valence-electron chi connectivity index (χ2n) is 6.35. The highest BCUT2D eigenvalue weighted by Gasteiger charge is 2.30. The van der Waals surface area contributed by atoms with Crippen LogP contribution in [-0.4, -0.2) is 28.5 Å². The minimum absolute atomic E-state index is 0.414. The van der Waals surface area contributed by atoms with Crippen molar-refractivity contribution in [3.63, 3.8) is 0 Å². The van der Waals surface area contributed by atoms with Gasteiger partial charge in [-0.2, -0.15) is 5.26 Å². The largest absolute Gasteiger partial charge is 0.444 e. The van der Waals surface area contributed by atoms with E-state index in [9.17, 15) is 14.9 Å². The number of fused-ring (bicyclic) bond motifs is 1. The normalized spacial score (nSPS) is 13.8. The first kappa shape index (κ1) is 17.9. The van der Waals surface area contributed by atoms with Crippen LogP contribution in [0.5, 0.6) is 0 Å². The summed E-state index contributed by atoms with van der Waals surface area (Å²) in [5.74, 6) is -1.44. The lowest BCUT2D eigenvalue weighted by atomic mass is 10.0. The van der Waals surface area contributed by atoms with Gasteiger partial charge in [-0.05, 0) is 39.8 Å². The average Bonchev–Trinajstić information content (AvgIpc) is 2.89. The summed E-state index contributed by atoms with van der Waals surface area (Å²) in [6.07, 6.45) is -0.690.